The fraction of sp³-hybridized carbons (Fsp3) is 0.400. The summed E-state index contributed by atoms with van der Waals surface area (Å²) in [5, 5.41) is 0. The Balaban J connectivity index is 4.36. The fourth-order valence-electron chi connectivity index (χ4n) is 0.672. The largest absolute Gasteiger partial charge is 0.464 e. The molecule has 0 fully saturated rings. The van der Waals surface area contributed by atoms with E-state index in [1.54, 1.807) is 12.2 Å². The summed E-state index contributed by atoms with van der Waals surface area (Å²) in [5.74, 6) is 0.378. The van der Waals surface area contributed by atoms with E-state index in [0.29, 0.717) is 13.2 Å². The first-order chi connectivity index (χ1) is 6.79. The normalized spacial score (nSPS) is 11.0. The molecule has 0 unspecified atom stereocenters. The number of ether oxygens (including phenoxy) is 4. The van der Waals surface area contributed by atoms with Crippen LogP contribution in [0.15, 0.2) is 37.2 Å². The maximum Gasteiger partial charge on any atom is 0.364 e. The maximum atomic E-state index is 5.15. The van der Waals surface area contributed by atoms with Gasteiger partial charge in [-0.3, -0.25) is 0 Å². The molecule has 0 aromatic rings. The van der Waals surface area contributed by atoms with E-state index in [9.17, 15) is 0 Å². The summed E-state index contributed by atoms with van der Waals surface area (Å²) in [7, 11) is 2.93. The van der Waals surface area contributed by atoms with Crippen LogP contribution in [0.5, 0.6) is 0 Å². The van der Waals surface area contributed by atoms with Crippen molar-refractivity contribution in [2.45, 2.75) is 0 Å². The van der Waals surface area contributed by atoms with Gasteiger partial charge in [-0.2, -0.15) is 0 Å². The van der Waals surface area contributed by atoms with Crippen LogP contribution in [0.2, 0.25) is 0 Å². The van der Waals surface area contributed by atoms with Gasteiger partial charge in [0.25, 0.3) is 0 Å². The Morgan fingerprint density at radius 1 is 0.929 bits per heavy atom. The molecule has 0 amide bonds. The summed E-state index contributed by atoms with van der Waals surface area (Å²) in [4.78, 5) is 0. The second-order valence-electron chi connectivity index (χ2n) is 2.18. The number of hydrogen-bond donors (Lipinski definition) is 0. The molecular weight excluding hydrogens is 184 g/mol. The molecule has 0 atom stereocenters. The lowest BCUT2D eigenvalue weighted by Crippen LogP contribution is -2.05. The van der Waals surface area contributed by atoms with Gasteiger partial charge >= 0.3 is 11.9 Å². The molecular formula is C10H16O4. The Morgan fingerprint density at radius 3 is 1.50 bits per heavy atom. The van der Waals surface area contributed by atoms with Gasteiger partial charge in [0.15, 0.2) is 0 Å². The molecule has 0 aromatic heterocycles. The zero-order valence-electron chi connectivity index (χ0n) is 8.62. The van der Waals surface area contributed by atoms with Gasteiger partial charge in [-0.1, -0.05) is 25.3 Å². The van der Waals surface area contributed by atoms with Crippen LogP contribution < -0.4 is 0 Å². The summed E-state index contributed by atoms with van der Waals surface area (Å²) in [6.07, 6.45) is 3.19. The molecule has 0 saturated heterocycles. The van der Waals surface area contributed by atoms with E-state index < -0.39 is 0 Å². The second kappa shape index (κ2) is 8.04. The van der Waals surface area contributed by atoms with Gasteiger partial charge < -0.3 is 18.9 Å². The lowest BCUT2D eigenvalue weighted by molar-refractivity contribution is -0.00890. The highest BCUT2D eigenvalue weighted by Crippen LogP contribution is 2.09. The molecule has 0 N–H and O–H groups in total. The van der Waals surface area contributed by atoms with E-state index in [1.807, 2.05) is 0 Å². The van der Waals surface area contributed by atoms with E-state index >= 15 is 0 Å². The van der Waals surface area contributed by atoms with Crippen LogP contribution >= 0.6 is 0 Å². The zero-order chi connectivity index (χ0) is 10.8. The monoisotopic (exact) mass is 200 g/mol. The smallest absolute Gasteiger partial charge is 0.364 e. The van der Waals surface area contributed by atoms with Crippen LogP contribution in [0, 0.1) is 0 Å². The highest BCUT2D eigenvalue weighted by atomic mass is 16.7. The third kappa shape index (κ3) is 4.45. The molecule has 0 aromatic carbocycles. The molecule has 80 valence electrons. The van der Waals surface area contributed by atoms with Crippen LogP contribution in [0.3, 0.4) is 0 Å². The first kappa shape index (κ1) is 12.4. The Kier molecular flexibility index (Phi) is 7.13. The highest BCUT2D eigenvalue weighted by molar-refractivity contribution is 4.88. The highest BCUT2D eigenvalue weighted by Gasteiger charge is 2.10. The summed E-state index contributed by atoms with van der Waals surface area (Å²) < 4.78 is 20.1. The Bertz CT molecular complexity index is 186. The maximum absolute atomic E-state index is 5.15. The average Bonchev–Trinajstić information content (AvgIpc) is 2.23. The van der Waals surface area contributed by atoms with Crippen LogP contribution in [-0.4, -0.2) is 27.4 Å². The SMILES string of the molecule is C=CCO/C(OC)=C(\OC)OCC=C. The van der Waals surface area contributed by atoms with Crippen molar-refractivity contribution in [3.05, 3.63) is 37.2 Å². The van der Waals surface area contributed by atoms with Gasteiger partial charge in [0.2, 0.25) is 0 Å². The minimum atomic E-state index is 0.189. The van der Waals surface area contributed by atoms with E-state index in [-0.39, 0.29) is 11.9 Å². The zero-order valence-corrected chi connectivity index (χ0v) is 8.62. The fourth-order valence-corrected chi connectivity index (χ4v) is 0.672. The van der Waals surface area contributed by atoms with E-state index in [1.165, 1.54) is 14.2 Å². The van der Waals surface area contributed by atoms with Crippen molar-refractivity contribution in [2.75, 3.05) is 27.4 Å². The molecule has 4 heteroatoms. The van der Waals surface area contributed by atoms with Crippen LogP contribution in [-0.2, 0) is 18.9 Å². The van der Waals surface area contributed by atoms with Gasteiger partial charge in [-0.05, 0) is 0 Å². The Morgan fingerprint density at radius 2 is 1.29 bits per heavy atom. The van der Waals surface area contributed by atoms with Crippen molar-refractivity contribution < 1.29 is 18.9 Å². The summed E-state index contributed by atoms with van der Waals surface area (Å²) in [5.41, 5.74) is 0. The molecule has 0 spiro atoms. The molecule has 14 heavy (non-hydrogen) atoms. The Labute approximate surface area is 84.4 Å². The van der Waals surface area contributed by atoms with Crippen LogP contribution in [0.1, 0.15) is 0 Å². The van der Waals surface area contributed by atoms with Crippen molar-refractivity contribution in [1.82, 2.24) is 0 Å². The van der Waals surface area contributed by atoms with Gasteiger partial charge in [-0.15, -0.1) is 0 Å². The third-order valence-corrected chi connectivity index (χ3v) is 1.20. The molecule has 0 bridgehead atoms. The van der Waals surface area contributed by atoms with Crippen LogP contribution in [0.25, 0.3) is 0 Å². The molecule has 0 aliphatic rings. The standard InChI is InChI=1S/C10H16O4/c1-5-7-13-9(11-3)10(12-4)14-8-6-2/h5-6H,1-2,7-8H2,3-4H3/b10-9+. The topological polar surface area (TPSA) is 36.9 Å². The third-order valence-electron chi connectivity index (χ3n) is 1.20. The number of methoxy groups -OCH3 is 2. The summed E-state index contributed by atoms with van der Waals surface area (Å²) >= 11 is 0. The molecule has 0 heterocycles. The van der Waals surface area contributed by atoms with Crippen molar-refractivity contribution >= 4 is 0 Å². The number of hydrogen-bond acceptors (Lipinski definition) is 4. The first-order valence-corrected chi connectivity index (χ1v) is 4.09. The van der Waals surface area contributed by atoms with Gasteiger partial charge in [0.05, 0.1) is 14.2 Å². The van der Waals surface area contributed by atoms with Crippen molar-refractivity contribution in [3.63, 3.8) is 0 Å². The van der Waals surface area contributed by atoms with Gasteiger partial charge in [-0.25, -0.2) is 0 Å². The van der Waals surface area contributed by atoms with Gasteiger partial charge in [0, 0.05) is 0 Å². The van der Waals surface area contributed by atoms with E-state index in [4.69, 9.17) is 18.9 Å². The van der Waals surface area contributed by atoms with E-state index in [0.717, 1.165) is 0 Å². The van der Waals surface area contributed by atoms with Crippen LogP contribution in [0.4, 0.5) is 0 Å². The van der Waals surface area contributed by atoms with E-state index in [2.05, 4.69) is 13.2 Å². The van der Waals surface area contributed by atoms with Gasteiger partial charge in [0.1, 0.15) is 13.2 Å². The quantitative estimate of drug-likeness (QED) is 0.442. The molecule has 4 nitrogen and oxygen atoms in total. The molecule has 0 rings (SSSR count). The minimum Gasteiger partial charge on any atom is -0.464 e. The number of rotatable bonds is 8. The predicted molar refractivity (Wildman–Crippen MR) is 53.3 cm³/mol. The lowest BCUT2D eigenvalue weighted by atomic mass is 10.7. The predicted octanol–water partition coefficient (Wildman–Crippen LogP) is 1.81. The first-order valence-electron chi connectivity index (χ1n) is 4.09. The minimum absolute atomic E-state index is 0.189. The molecule has 0 aliphatic carbocycles. The van der Waals surface area contributed by atoms with Crippen molar-refractivity contribution in [1.29, 1.82) is 0 Å². The molecule has 0 radical (unpaired) electrons. The Hall–Kier alpha value is -1.58. The van der Waals surface area contributed by atoms with Crippen molar-refractivity contribution in [2.24, 2.45) is 0 Å². The lowest BCUT2D eigenvalue weighted by Gasteiger charge is -2.12. The summed E-state index contributed by atoms with van der Waals surface area (Å²) in [6.45, 7) is 7.68. The molecule has 0 aliphatic heterocycles. The van der Waals surface area contributed by atoms with Crippen molar-refractivity contribution in [3.8, 4) is 0 Å². The second-order valence-corrected chi connectivity index (χ2v) is 2.18. The summed E-state index contributed by atoms with van der Waals surface area (Å²) in [6, 6.07) is 0. The molecule has 0 saturated carbocycles. The average molecular weight is 200 g/mol.